The number of nitrogens with two attached hydrogens (primary N) is 1. The maximum atomic E-state index is 13.0. The van der Waals surface area contributed by atoms with E-state index in [0.717, 1.165) is 24.9 Å². The van der Waals surface area contributed by atoms with Crippen molar-refractivity contribution in [2.75, 3.05) is 12.3 Å². The van der Waals surface area contributed by atoms with Gasteiger partial charge in [0, 0.05) is 12.6 Å². The number of piperidine rings is 1. The number of amides is 1. The highest BCUT2D eigenvalue weighted by molar-refractivity contribution is 5.94. The van der Waals surface area contributed by atoms with Gasteiger partial charge in [-0.2, -0.15) is 9.78 Å². The van der Waals surface area contributed by atoms with E-state index in [-0.39, 0.29) is 22.7 Å². The molecule has 0 saturated carbocycles. The van der Waals surface area contributed by atoms with E-state index >= 15 is 0 Å². The molecule has 180 valence electrons. The third-order valence-electron chi connectivity index (χ3n) is 6.12. The predicted octanol–water partition coefficient (Wildman–Crippen LogP) is 2.67. The van der Waals surface area contributed by atoms with Crippen molar-refractivity contribution in [3.05, 3.63) is 46.8 Å². The minimum atomic E-state index is -0.469. The monoisotopic (exact) mass is 465 g/mol. The summed E-state index contributed by atoms with van der Waals surface area (Å²) in [6.45, 7) is 10.0. The SMILES string of the molecule is CC1CCCCN1Cc1c(C(=O)N/N=C\c2ccc(C(C)(C)C)cc2)nnn1-c1nonc1N. The van der Waals surface area contributed by atoms with Gasteiger partial charge in [-0.1, -0.05) is 56.7 Å². The number of likely N-dealkylation sites (tertiary alicyclic amines) is 1. The molecule has 0 radical (unpaired) electrons. The number of rotatable bonds is 6. The number of nitrogen functional groups attached to an aromatic ring is 1. The lowest BCUT2D eigenvalue weighted by Gasteiger charge is -2.33. The van der Waals surface area contributed by atoms with Gasteiger partial charge < -0.3 is 5.73 Å². The topological polar surface area (TPSA) is 140 Å². The van der Waals surface area contributed by atoms with Crippen LogP contribution in [0.4, 0.5) is 5.82 Å². The number of carbonyl (C=O) groups is 1. The second-order valence-corrected chi connectivity index (χ2v) is 9.66. The molecular formula is C23H31N9O2. The maximum absolute atomic E-state index is 13.0. The lowest BCUT2D eigenvalue weighted by atomic mass is 9.87. The zero-order valence-corrected chi connectivity index (χ0v) is 20.0. The van der Waals surface area contributed by atoms with Crippen LogP contribution in [0.5, 0.6) is 0 Å². The van der Waals surface area contributed by atoms with Gasteiger partial charge in [-0.25, -0.2) is 10.1 Å². The summed E-state index contributed by atoms with van der Waals surface area (Å²) in [7, 11) is 0. The summed E-state index contributed by atoms with van der Waals surface area (Å²) in [5, 5.41) is 19.8. The molecule has 34 heavy (non-hydrogen) atoms. The second-order valence-electron chi connectivity index (χ2n) is 9.66. The number of nitrogens with one attached hydrogen (secondary N) is 1. The molecular weight excluding hydrogens is 434 g/mol. The van der Waals surface area contributed by atoms with Gasteiger partial charge >= 0.3 is 0 Å². The van der Waals surface area contributed by atoms with Crippen LogP contribution in [0.3, 0.4) is 0 Å². The van der Waals surface area contributed by atoms with Crippen LogP contribution in [0, 0.1) is 0 Å². The van der Waals surface area contributed by atoms with Crippen LogP contribution in [0.15, 0.2) is 34.0 Å². The molecule has 11 nitrogen and oxygen atoms in total. The van der Waals surface area contributed by atoms with Gasteiger partial charge in [0.2, 0.25) is 11.6 Å². The molecule has 0 spiro atoms. The Morgan fingerprint density at radius 2 is 2.03 bits per heavy atom. The highest BCUT2D eigenvalue weighted by Crippen LogP contribution is 2.23. The summed E-state index contributed by atoms with van der Waals surface area (Å²) in [5.41, 5.74) is 11.3. The molecule has 3 aromatic rings. The van der Waals surface area contributed by atoms with E-state index in [1.807, 2.05) is 12.1 Å². The smallest absolute Gasteiger partial charge is 0.293 e. The van der Waals surface area contributed by atoms with Crippen LogP contribution in [0.25, 0.3) is 5.82 Å². The number of hydrogen-bond donors (Lipinski definition) is 2. The Morgan fingerprint density at radius 1 is 1.26 bits per heavy atom. The van der Waals surface area contributed by atoms with Gasteiger partial charge in [0.25, 0.3) is 5.91 Å². The molecule has 0 aliphatic carbocycles. The van der Waals surface area contributed by atoms with E-state index in [9.17, 15) is 4.79 Å². The molecule has 0 bridgehead atoms. The Bertz CT molecular complexity index is 1160. The van der Waals surface area contributed by atoms with Crippen molar-refractivity contribution in [2.45, 2.75) is 65.0 Å². The first-order valence-corrected chi connectivity index (χ1v) is 11.4. The fourth-order valence-corrected chi connectivity index (χ4v) is 4.00. The highest BCUT2D eigenvalue weighted by atomic mass is 16.6. The normalized spacial score (nSPS) is 17.4. The fraction of sp³-hybridized carbons (Fsp3) is 0.478. The molecule has 2 aromatic heterocycles. The van der Waals surface area contributed by atoms with Gasteiger partial charge in [-0.05, 0) is 53.2 Å². The molecule has 11 heteroatoms. The van der Waals surface area contributed by atoms with Crippen LogP contribution < -0.4 is 11.2 Å². The van der Waals surface area contributed by atoms with Crippen molar-refractivity contribution in [3.63, 3.8) is 0 Å². The molecule has 1 amide bonds. The summed E-state index contributed by atoms with van der Waals surface area (Å²) < 4.78 is 6.14. The molecule has 1 fully saturated rings. The van der Waals surface area contributed by atoms with Crippen molar-refractivity contribution in [1.82, 2.24) is 35.6 Å². The average Bonchev–Trinajstić information content (AvgIpc) is 3.40. The first kappa shape index (κ1) is 23.6. The standard InChI is InChI=1S/C23H31N9O2/c1-15-7-5-6-12-31(15)14-18-19(26-30-32(18)21-20(24)28-34-29-21)22(33)27-25-13-16-8-10-17(11-9-16)23(2,3)4/h8-11,13,15H,5-7,12,14H2,1-4H3,(H2,24,28)(H,27,33)/b25-13-. The lowest BCUT2D eigenvalue weighted by molar-refractivity contribution is 0.0945. The largest absolute Gasteiger partial charge is 0.378 e. The molecule has 3 N–H and O–H groups in total. The zero-order valence-electron chi connectivity index (χ0n) is 20.0. The fourth-order valence-electron chi connectivity index (χ4n) is 4.00. The third kappa shape index (κ3) is 5.14. The second kappa shape index (κ2) is 9.72. The Balaban J connectivity index is 1.54. The van der Waals surface area contributed by atoms with Gasteiger partial charge in [0.15, 0.2) is 5.69 Å². The highest BCUT2D eigenvalue weighted by Gasteiger charge is 2.28. The predicted molar refractivity (Wildman–Crippen MR) is 128 cm³/mol. The number of hydrazone groups is 1. The van der Waals surface area contributed by atoms with Gasteiger partial charge in [-0.15, -0.1) is 5.10 Å². The van der Waals surface area contributed by atoms with Crippen molar-refractivity contribution in [3.8, 4) is 5.82 Å². The summed E-state index contributed by atoms with van der Waals surface area (Å²) in [6, 6.07) is 8.42. The lowest BCUT2D eigenvalue weighted by Crippen LogP contribution is -2.38. The Kier molecular flexibility index (Phi) is 6.73. The minimum Gasteiger partial charge on any atom is -0.378 e. The van der Waals surface area contributed by atoms with Crippen LogP contribution in [-0.4, -0.2) is 54.9 Å². The molecule has 1 aliphatic heterocycles. The van der Waals surface area contributed by atoms with E-state index in [4.69, 9.17) is 10.4 Å². The summed E-state index contributed by atoms with van der Waals surface area (Å²) in [4.78, 5) is 15.3. The maximum Gasteiger partial charge on any atom is 0.293 e. The Labute approximate surface area is 198 Å². The molecule has 1 unspecified atom stereocenters. The molecule has 1 aromatic carbocycles. The van der Waals surface area contributed by atoms with E-state index in [2.05, 4.69) is 75.9 Å². The number of aromatic nitrogens is 5. The summed E-state index contributed by atoms with van der Waals surface area (Å²) >= 11 is 0. The molecule has 4 rings (SSSR count). The van der Waals surface area contributed by atoms with Crippen molar-refractivity contribution in [2.24, 2.45) is 5.10 Å². The van der Waals surface area contributed by atoms with Gasteiger partial charge in [-0.3, -0.25) is 9.69 Å². The van der Waals surface area contributed by atoms with Crippen LogP contribution in [0.2, 0.25) is 0 Å². The Hall–Kier alpha value is -3.60. The van der Waals surface area contributed by atoms with E-state index in [1.165, 1.54) is 16.7 Å². The van der Waals surface area contributed by atoms with Crippen LogP contribution in [0.1, 0.15) is 74.3 Å². The molecule has 1 aliphatic rings. The van der Waals surface area contributed by atoms with E-state index in [0.29, 0.717) is 18.3 Å². The first-order valence-electron chi connectivity index (χ1n) is 11.4. The van der Waals surface area contributed by atoms with Crippen molar-refractivity contribution >= 4 is 17.9 Å². The van der Waals surface area contributed by atoms with Crippen LogP contribution >= 0.6 is 0 Å². The van der Waals surface area contributed by atoms with E-state index in [1.54, 1.807) is 6.21 Å². The van der Waals surface area contributed by atoms with Crippen molar-refractivity contribution in [1.29, 1.82) is 0 Å². The molecule has 1 saturated heterocycles. The number of benzene rings is 1. The number of carbonyl (C=O) groups excluding carboxylic acids is 1. The van der Waals surface area contributed by atoms with Gasteiger partial charge in [0.05, 0.1) is 11.9 Å². The average molecular weight is 466 g/mol. The Morgan fingerprint density at radius 3 is 2.68 bits per heavy atom. The number of anilines is 1. The van der Waals surface area contributed by atoms with E-state index < -0.39 is 5.91 Å². The summed E-state index contributed by atoms with van der Waals surface area (Å²) in [6.07, 6.45) is 4.98. The molecule has 1 atom stereocenters. The first-order chi connectivity index (χ1) is 16.2. The van der Waals surface area contributed by atoms with Gasteiger partial charge in [0.1, 0.15) is 0 Å². The number of hydrogen-bond acceptors (Lipinski definition) is 9. The quantitative estimate of drug-likeness (QED) is 0.418. The molecule has 3 heterocycles. The minimum absolute atomic E-state index is 0.0702. The summed E-state index contributed by atoms with van der Waals surface area (Å²) in [5.74, 6) is -0.196. The van der Waals surface area contributed by atoms with Crippen molar-refractivity contribution < 1.29 is 9.42 Å². The third-order valence-corrected chi connectivity index (χ3v) is 6.12. The van der Waals surface area contributed by atoms with Crippen LogP contribution in [-0.2, 0) is 12.0 Å². The zero-order chi connectivity index (χ0) is 24.3. The number of nitrogens with zero attached hydrogens (tertiary/aromatic N) is 7.